The average Bonchev–Trinajstić information content (AvgIpc) is 3.04. The van der Waals surface area contributed by atoms with Crippen molar-refractivity contribution in [3.63, 3.8) is 0 Å². The number of alkyl halides is 3. The minimum Gasteiger partial charge on any atom is -0.549 e. The first-order chi connectivity index (χ1) is 14.2. The van der Waals surface area contributed by atoms with Gasteiger partial charge in [0.2, 0.25) is 0 Å². The van der Waals surface area contributed by atoms with Crippen LogP contribution in [-0.4, -0.2) is 33.1 Å². The molecule has 1 atom stereocenters. The quantitative estimate of drug-likeness (QED) is 0.515. The molecule has 14 heteroatoms. The molecule has 2 heterocycles. The van der Waals surface area contributed by atoms with Crippen LogP contribution in [0.3, 0.4) is 0 Å². The van der Waals surface area contributed by atoms with E-state index in [0.717, 1.165) is 25.5 Å². The Kier molecular flexibility index (Phi) is 5.56. The van der Waals surface area contributed by atoms with Crippen molar-refractivity contribution in [2.24, 2.45) is 7.05 Å². The maximum atomic E-state index is 13.0. The topological polar surface area (TPSA) is 131 Å². The minimum atomic E-state index is -4.91. The van der Waals surface area contributed by atoms with Crippen molar-refractivity contribution in [2.75, 3.05) is 0 Å². The van der Waals surface area contributed by atoms with E-state index in [1.54, 1.807) is 0 Å². The van der Waals surface area contributed by atoms with Crippen molar-refractivity contribution in [3.05, 3.63) is 56.5 Å². The van der Waals surface area contributed by atoms with Crippen LogP contribution in [0.15, 0.2) is 33.9 Å². The number of nitrogens with zero attached hydrogens (tertiary/aromatic N) is 3. The summed E-state index contributed by atoms with van der Waals surface area (Å²) in [5.74, 6) is -2.52. The molecule has 2 aromatic heterocycles. The number of benzene rings is 1. The highest BCUT2D eigenvalue weighted by atomic mass is 32.2. The van der Waals surface area contributed by atoms with Gasteiger partial charge in [-0.1, -0.05) is 0 Å². The van der Waals surface area contributed by atoms with Crippen molar-refractivity contribution in [1.82, 2.24) is 13.5 Å². The Morgan fingerprint density at radius 3 is 2.48 bits per heavy atom. The van der Waals surface area contributed by atoms with E-state index in [9.17, 15) is 41.1 Å². The first kappa shape index (κ1) is 22.7. The molecule has 3 rings (SSSR count). The first-order valence-electron chi connectivity index (χ1n) is 8.45. The summed E-state index contributed by atoms with van der Waals surface area (Å²) in [6.07, 6.45) is -4.91. The summed E-state index contributed by atoms with van der Waals surface area (Å²) in [7, 11) is -3.31. The summed E-state index contributed by atoms with van der Waals surface area (Å²) in [6, 6.07) is 4.25. The molecule has 9 nitrogen and oxygen atoms in total. The molecule has 0 spiro atoms. The lowest BCUT2D eigenvalue weighted by Gasteiger charge is -2.14. The van der Waals surface area contributed by atoms with Crippen LogP contribution in [0, 0.1) is 0 Å². The molecule has 0 radical (unpaired) electrons. The average molecular weight is 476 g/mol. The number of hydrogen-bond donors (Lipinski definition) is 0. The summed E-state index contributed by atoms with van der Waals surface area (Å²) >= 11 is 0.899. The fourth-order valence-electron chi connectivity index (χ4n) is 2.82. The minimum absolute atomic E-state index is 0.0215. The fourth-order valence-corrected chi connectivity index (χ4v) is 4.82. The summed E-state index contributed by atoms with van der Waals surface area (Å²) < 4.78 is 68.8. The molecule has 3 aromatic rings. The highest BCUT2D eigenvalue weighted by Crippen LogP contribution is 2.28. The van der Waals surface area contributed by atoms with Crippen molar-refractivity contribution in [3.8, 4) is 5.69 Å². The second-order valence-corrected chi connectivity index (χ2v) is 9.75. The van der Waals surface area contributed by atoms with E-state index in [-0.39, 0.29) is 27.4 Å². The van der Waals surface area contributed by atoms with Gasteiger partial charge in [-0.15, -0.1) is 0 Å². The number of carboxylic acids is 1. The molecule has 0 N–H and O–H groups in total. The van der Waals surface area contributed by atoms with E-state index in [1.807, 2.05) is 0 Å². The number of carbonyl (C=O) groups is 1. The third kappa shape index (κ3) is 4.12. The highest BCUT2D eigenvalue weighted by Gasteiger charge is 2.35. The van der Waals surface area contributed by atoms with E-state index >= 15 is 0 Å². The molecular formula is C17H13F3N3O6S2-. The third-order valence-electron chi connectivity index (χ3n) is 4.61. The number of rotatable bonds is 5. The standard InChI is InChI=1S/C17H14F3N3O6S2/c1-8(15(25)26)31(28,29)7-11-10-5-9(3-4-12(10)30-21-11)23-14(24)6-13(17(18,19)20)22(2)16(23)27/h3-6,8H,7H2,1-2H3,(H,25,26)/p-1. The number of carboxylic acid groups (broad SMARTS) is 1. The van der Waals surface area contributed by atoms with Gasteiger partial charge in [-0.05, 0) is 36.7 Å². The third-order valence-corrected chi connectivity index (χ3v) is 7.42. The van der Waals surface area contributed by atoms with Crippen LogP contribution in [0.5, 0.6) is 0 Å². The van der Waals surface area contributed by atoms with Crippen molar-refractivity contribution >= 4 is 37.4 Å². The smallest absolute Gasteiger partial charge is 0.431 e. The normalized spacial score (nSPS) is 13.5. The summed E-state index contributed by atoms with van der Waals surface area (Å²) in [5.41, 5.74) is -4.01. The molecule has 0 fully saturated rings. The van der Waals surface area contributed by atoms with Gasteiger partial charge in [-0.2, -0.15) is 17.5 Å². The number of carbonyl (C=O) groups excluding carboxylic acids is 1. The zero-order valence-corrected chi connectivity index (χ0v) is 17.5. The van der Waals surface area contributed by atoms with Crippen LogP contribution in [0.25, 0.3) is 15.8 Å². The van der Waals surface area contributed by atoms with E-state index in [2.05, 4.69) is 4.37 Å². The molecular weight excluding hydrogens is 463 g/mol. The Morgan fingerprint density at radius 2 is 1.90 bits per heavy atom. The van der Waals surface area contributed by atoms with Crippen LogP contribution < -0.4 is 16.4 Å². The van der Waals surface area contributed by atoms with Gasteiger partial charge in [0, 0.05) is 18.5 Å². The van der Waals surface area contributed by atoms with Gasteiger partial charge in [0.05, 0.1) is 33.1 Å². The molecule has 166 valence electrons. The molecule has 0 aliphatic heterocycles. The first-order valence-corrected chi connectivity index (χ1v) is 10.9. The van der Waals surface area contributed by atoms with Crippen molar-refractivity contribution in [2.45, 2.75) is 24.1 Å². The Labute approximate surface area is 176 Å². The second-order valence-electron chi connectivity index (χ2n) is 6.62. The molecule has 31 heavy (non-hydrogen) atoms. The number of aliphatic carboxylic acids is 1. The van der Waals surface area contributed by atoms with Gasteiger partial charge in [0.25, 0.3) is 5.56 Å². The molecule has 0 aliphatic carbocycles. The van der Waals surface area contributed by atoms with E-state index in [0.29, 0.717) is 9.27 Å². The number of fused-ring (bicyclic) bond motifs is 1. The zero-order chi connectivity index (χ0) is 23.3. The van der Waals surface area contributed by atoms with Crippen LogP contribution in [0.4, 0.5) is 13.2 Å². The number of halogens is 3. The number of aromatic nitrogens is 3. The SMILES string of the molecule is CC(C(=O)[O-])S(=O)(=O)Cc1nsc2ccc(-n3c(=O)cc(C(F)(F)F)n(C)c3=O)cc12. The zero-order valence-electron chi connectivity index (χ0n) is 15.8. The number of hydrogen-bond acceptors (Lipinski definition) is 8. The largest absolute Gasteiger partial charge is 0.549 e. The van der Waals surface area contributed by atoms with Crippen LogP contribution in [0.2, 0.25) is 0 Å². The second kappa shape index (κ2) is 7.60. The predicted molar refractivity (Wildman–Crippen MR) is 103 cm³/mol. The lowest BCUT2D eigenvalue weighted by atomic mass is 10.2. The van der Waals surface area contributed by atoms with Gasteiger partial charge in [-0.25, -0.2) is 17.8 Å². The van der Waals surface area contributed by atoms with Crippen molar-refractivity contribution < 1.29 is 31.5 Å². The Hall–Kier alpha value is -3.00. The van der Waals surface area contributed by atoms with Crippen LogP contribution in [-0.2, 0) is 33.6 Å². The van der Waals surface area contributed by atoms with E-state index in [4.69, 9.17) is 0 Å². The maximum Gasteiger partial charge on any atom is 0.431 e. The Bertz CT molecular complexity index is 1420. The van der Waals surface area contributed by atoms with Gasteiger partial charge < -0.3 is 9.90 Å². The molecule has 0 saturated heterocycles. The van der Waals surface area contributed by atoms with E-state index < -0.39 is 49.9 Å². The summed E-state index contributed by atoms with van der Waals surface area (Å²) in [5, 5.41) is 9.34. The molecule has 0 saturated carbocycles. The molecule has 0 amide bonds. The van der Waals surface area contributed by atoms with Crippen LogP contribution >= 0.6 is 11.5 Å². The maximum absolute atomic E-state index is 13.0. The lowest BCUT2D eigenvalue weighted by molar-refractivity contribution is -0.304. The number of sulfone groups is 1. The predicted octanol–water partition coefficient (Wildman–Crippen LogP) is 0.218. The van der Waals surface area contributed by atoms with Gasteiger partial charge in [-0.3, -0.25) is 9.36 Å². The molecule has 0 aliphatic rings. The molecule has 1 unspecified atom stereocenters. The van der Waals surface area contributed by atoms with Gasteiger partial charge in [0.15, 0.2) is 9.84 Å². The van der Waals surface area contributed by atoms with Crippen molar-refractivity contribution in [1.29, 1.82) is 0 Å². The highest BCUT2D eigenvalue weighted by molar-refractivity contribution is 7.92. The van der Waals surface area contributed by atoms with E-state index in [1.165, 1.54) is 18.2 Å². The Morgan fingerprint density at radius 1 is 1.26 bits per heavy atom. The summed E-state index contributed by atoms with van der Waals surface area (Å²) in [4.78, 5) is 35.7. The lowest BCUT2D eigenvalue weighted by Crippen LogP contribution is -2.40. The summed E-state index contributed by atoms with van der Waals surface area (Å²) in [6.45, 7) is 0.954. The van der Waals surface area contributed by atoms with Gasteiger partial charge in [0.1, 0.15) is 5.69 Å². The molecule has 1 aromatic carbocycles. The monoisotopic (exact) mass is 476 g/mol. The Balaban J connectivity index is 2.16. The van der Waals surface area contributed by atoms with Gasteiger partial charge >= 0.3 is 11.9 Å². The van der Waals surface area contributed by atoms with Crippen LogP contribution in [0.1, 0.15) is 18.3 Å². The molecule has 0 bridgehead atoms. The fraction of sp³-hybridized carbons (Fsp3) is 0.294.